The molecule has 0 aliphatic heterocycles. The highest BCUT2D eigenvalue weighted by Gasteiger charge is 2.17. The maximum Gasteiger partial charge on any atom is 0.336 e. The lowest BCUT2D eigenvalue weighted by Crippen LogP contribution is -2.03. The van der Waals surface area contributed by atoms with Gasteiger partial charge in [-0.15, -0.1) is 0 Å². The first kappa shape index (κ1) is 20.1. The van der Waals surface area contributed by atoms with E-state index in [0.717, 1.165) is 0 Å². The molecule has 9 nitrogen and oxygen atoms in total. The molecule has 0 unspecified atom stereocenters. The highest BCUT2D eigenvalue weighted by molar-refractivity contribution is 7.71. The van der Waals surface area contributed by atoms with Crippen LogP contribution < -0.4 is 14.2 Å². The molecule has 0 aliphatic rings. The van der Waals surface area contributed by atoms with E-state index in [1.165, 1.54) is 38.3 Å². The zero-order valence-electron chi connectivity index (χ0n) is 15.9. The van der Waals surface area contributed by atoms with Gasteiger partial charge in [0, 0.05) is 11.1 Å². The largest absolute Gasteiger partial charge is 0.493 e. The summed E-state index contributed by atoms with van der Waals surface area (Å²) in [6.07, 6.45) is 1.41. The van der Waals surface area contributed by atoms with Crippen LogP contribution in [0.1, 0.15) is 15.9 Å². The van der Waals surface area contributed by atoms with Gasteiger partial charge in [-0.1, -0.05) is 18.2 Å². The van der Waals surface area contributed by atoms with Crippen LogP contribution in [0, 0.1) is 4.77 Å². The Morgan fingerprint density at radius 3 is 2.41 bits per heavy atom. The van der Waals surface area contributed by atoms with Gasteiger partial charge in [0.25, 0.3) is 0 Å². The van der Waals surface area contributed by atoms with Gasteiger partial charge in [0.05, 0.1) is 33.1 Å². The minimum Gasteiger partial charge on any atom is -0.493 e. The summed E-state index contributed by atoms with van der Waals surface area (Å²) in [6.45, 7) is 0. The lowest BCUT2D eigenvalue weighted by molar-refractivity contribution is 0.0696. The Hall–Kier alpha value is -3.66. The molecule has 0 atom stereocenters. The molecule has 150 valence electrons. The summed E-state index contributed by atoms with van der Waals surface area (Å²) in [6, 6.07) is 9.94. The number of hydrogen-bond acceptors (Lipinski definition) is 7. The number of methoxy groups -OCH3 is 3. The van der Waals surface area contributed by atoms with Crippen molar-refractivity contribution in [2.24, 2.45) is 5.10 Å². The first-order chi connectivity index (χ1) is 14.0. The summed E-state index contributed by atoms with van der Waals surface area (Å²) < 4.78 is 17.7. The molecule has 0 saturated heterocycles. The fraction of sp³-hybridized carbons (Fsp3) is 0.158. The Bertz CT molecular complexity index is 1110. The number of H-pyrrole nitrogens is 1. The van der Waals surface area contributed by atoms with Crippen molar-refractivity contribution in [2.45, 2.75) is 0 Å². The van der Waals surface area contributed by atoms with Gasteiger partial charge in [0.1, 0.15) is 0 Å². The lowest BCUT2D eigenvalue weighted by atomic mass is 10.1. The molecule has 3 rings (SSSR count). The molecule has 29 heavy (non-hydrogen) atoms. The van der Waals surface area contributed by atoms with E-state index in [1.807, 2.05) is 0 Å². The number of aromatic carboxylic acids is 1. The Kier molecular flexibility index (Phi) is 5.93. The monoisotopic (exact) mass is 414 g/mol. The molecule has 0 spiro atoms. The van der Waals surface area contributed by atoms with E-state index in [-0.39, 0.29) is 10.3 Å². The van der Waals surface area contributed by atoms with Crippen molar-refractivity contribution in [3.63, 3.8) is 0 Å². The summed E-state index contributed by atoms with van der Waals surface area (Å²) in [4.78, 5) is 11.4. The molecule has 10 heteroatoms. The molecular weight excluding hydrogens is 396 g/mol. The van der Waals surface area contributed by atoms with Crippen molar-refractivity contribution < 1.29 is 24.1 Å². The molecule has 1 heterocycles. The Morgan fingerprint density at radius 2 is 1.83 bits per heavy atom. The molecule has 3 aromatic rings. The van der Waals surface area contributed by atoms with Crippen molar-refractivity contribution in [1.82, 2.24) is 14.9 Å². The normalized spacial score (nSPS) is 10.9. The van der Waals surface area contributed by atoms with Crippen molar-refractivity contribution in [1.29, 1.82) is 0 Å². The van der Waals surface area contributed by atoms with Gasteiger partial charge >= 0.3 is 5.97 Å². The highest BCUT2D eigenvalue weighted by Crippen LogP contribution is 2.40. The summed E-state index contributed by atoms with van der Waals surface area (Å²) in [5.41, 5.74) is 1.16. The number of ether oxygens (including phenoxy) is 3. The fourth-order valence-corrected chi connectivity index (χ4v) is 2.90. The number of aromatic nitrogens is 3. The van der Waals surface area contributed by atoms with Crippen LogP contribution in [-0.4, -0.2) is 53.5 Å². The first-order valence-corrected chi connectivity index (χ1v) is 8.75. The highest BCUT2D eigenvalue weighted by atomic mass is 32.1. The SMILES string of the molecule is COc1cc(-c2n[nH]c(=S)n2/N=C\c2ccccc2C(=O)O)cc(OC)c1OC. The van der Waals surface area contributed by atoms with Crippen LogP contribution in [0.15, 0.2) is 41.5 Å². The maximum absolute atomic E-state index is 11.4. The van der Waals surface area contributed by atoms with Gasteiger partial charge in [-0.3, -0.25) is 0 Å². The number of carboxylic acids is 1. The molecule has 0 bridgehead atoms. The summed E-state index contributed by atoms with van der Waals surface area (Å²) in [5, 5.41) is 20.6. The van der Waals surface area contributed by atoms with Crippen LogP contribution in [-0.2, 0) is 0 Å². The number of hydrogen-bond donors (Lipinski definition) is 2. The number of benzene rings is 2. The van der Waals surface area contributed by atoms with Crippen LogP contribution in [0.25, 0.3) is 11.4 Å². The summed E-state index contributed by atoms with van der Waals surface area (Å²) >= 11 is 5.27. The molecule has 0 amide bonds. The zero-order valence-corrected chi connectivity index (χ0v) is 16.7. The summed E-state index contributed by atoms with van der Waals surface area (Å²) in [5.74, 6) is 0.675. The number of nitrogens with zero attached hydrogens (tertiary/aromatic N) is 3. The molecule has 0 aliphatic carbocycles. The number of carboxylic acid groups (broad SMARTS) is 1. The van der Waals surface area contributed by atoms with Crippen LogP contribution >= 0.6 is 12.2 Å². The standard InChI is InChI=1S/C19H18N4O5S/c1-26-14-8-12(9-15(27-2)16(14)28-3)17-21-22-19(29)23(17)20-10-11-6-4-5-7-13(11)18(24)25/h4-10H,1-3H3,(H,22,29)(H,24,25)/b20-10-. The van der Waals surface area contributed by atoms with Gasteiger partial charge in [0.15, 0.2) is 17.3 Å². The number of rotatable bonds is 7. The van der Waals surface area contributed by atoms with E-state index in [2.05, 4.69) is 15.3 Å². The van der Waals surface area contributed by atoms with Gasteiger partial charge < -0.3 is 19.3 Å². The quantitative estimate of drug-likeness (QED) is 0.451. The van der Waals surface area contributed by atoms with Crippen molar-refractivity contribution in [3.05, 3.63) is 52.3 Å². The van der Waals surface area contributed by atoms with E-state index >= 15 is 0 Å². The van der Waals surface area contributed by atoms with E-state index in [1.54, 1.807) is 30.3 Å². The van der Waals surface area contributed by atoms with Crippen LogP contribution in [0.2, 0.25) is 0 Å². The van der Waals surface area contributed by atoms with Gasteiger partial charge in [0.2, 0.25) is 10.5 Å². The average molecular weight is 414 g/mol. The number of aromatic amines is 1. The van der Waals surface area contributed by atoms with Crippen molar-refractivity contribution in [2.75, 3.05) is 21.3 Å². The predicted molar refractivity (Wildman–Crippen MR) is 109 cm³/mol. The van der Waals surface area contributed by atoms with E-state index < -0.39 is 5.97 Å². The minimum absolute atomic E-state index is 0.126. The predicted octanol–water partition coefficient (Wildman–Crippen LogP) is 3.21. The topological polar surface area (TPSA) is 111 Å². The van der Waals surface area contributed by atoms with Crippen LogP contribution in [0.3, 0.4) is 0 Å². The van der Waals surface area contributed by atoms with Gasteiger partial charge in [-0.2, -0.15) is 14.9 Å². The van der Waals surface area contributed by atoms with Crippen molar-refractivity contribution >= 4 is 24.4 Å². The van der Waals surface area contributed by atoms with E-state index in [9.17, 15) is 9.90 Å². The summed E-state index contributed by atoms with van der Waals surface area (Å²) in [7, 11) is 4.54. The second kappa shape index (κ2) is 8.57. The molecular formula is C19H18N4O5S. The zero-order chi connectivity index (χ0) is 21.0. The minimum atomic E-state index is -1.05. The first-order valence-electron chi connectivity index (χ1n) is 8.34. The smallest absolute Gasteiger partial charge is 0.336 e. The third kappa shape index (κ3) is 3.97. The number of carbonyl (C=O) groups is 1. The van der Waals surface area contributed by atoms with Gasteiger partial charge in [-0.05, 0) is 30.4 Å². The Balaban J connectivity index is 2.10. The van der Waals surface area contributed by atoms with Crippen LogP contribution in [0.5, 0.6) is 17.2 Å². The second-order valence-corrected chi connectivity index (χ2v) is 6.10. The Labute approximate surface area is 171 Å². The van der Waals surface area contributed by atoms with E-state index in [0.29, 0.717) is 34.2 Å². The molecule has 1 aromatic heterocycles. The lowest BCUT2D eigenvalue weighted by Gasteiger charge is -2.13. The Morgan fingerprint density at radius 1 is 1.17 bits per heavy atom. The fourth-order valence-electron chi connectivity index (χ4n) is 2.72. The number of nitrogens with one attached hydrogen (secondary N) is 1. The van der Waals surface area contributed by atoms with Crippen molar-refractivity contribution in [3.8, 4) is 28.6 Å². The van der Waals surface area contributed by atoms with E-state index in [4.69, 9.17) is 26.4 Å². The van der Waals surface area contributed by atoms with Crippen LogP contribution in [0.4, 0.5) is 0 Å². The molecule has 2 aromatic carbocycles. The second-order valence-electron chi connectivity index (χ2n) is 5.72. The third-order valence-electron chi connectivity index (χ3n) is 4.08. The third-order valence-corrected chi connectivity index (χ3v) is 4.34. The maximum atomic E-state index is 11.4. The molecule has 0 saturated carbocycles. The average Bonchev–Trinajstić information content (AvgIpc) is 3.11. The van der Waals surface area contributed by atoms with Gasteiger partial charge in [-0.25, -0.2) is 9.89 Å². The molecule has 0 radical (unpaired) electrons. The molecule has 0 fully saturated rings. The molecule has 2 N–H and O–H groups in total.